The van der Waals surface area contributed by atoms with Crippen molar-refractivity contribution in [3.05, 3.63) is 80.7 Å². The first-order chi connectivity index (χ1) is 9.38. The molecule has 0 aliphatic carbocycles. The minimum absolute atomic E-state index is 0.499. The van der Waals surface area contributed by atoms with Crippen LogP contribution < -0.4 is 0 Å². The van der Waals surface area contributed by atoms with E-state index in [0.717, 1.165) is 5.56 Å². The highest BCUT2D eigenvalue weighted by molar-refractivity contribution is 7.08. The van der Waals surface area contributed by atoms with Gasteiger partial charge in [0.25, 0.3) is 0 Å². The Balaban J connectivity index is 2.26. The van der Waals surface area contributed by atoms with Crippen molar-refractivity contribution < 1.29 is 4.74 Å². The van der Waals surface area contributed by atoms with Crippen LogP contribution in [0.2, 0.25) is 0 Å². The maximum absolute atomic E-state index is 6.03. The van der Waals surface area contributed by atoms with Crippen LogP contribution in [-0.2, 0) is 10.3 Å². The summed E-state index contributed by atoms with van der Waals surface area (Å²) in [6, 6.07) is 14.7. The number of hydrogen-bond acceptors (Lipinski definition) is 3. The van der Waals surface area contributed by atoms with Gasteiger partial charge in [-0.1, -0.05) is 30.3 Å². The molecule has 0 fully saturated rings. The summed E-state index contributed by atoms with van der Waals surface area (Å²) < 4.78 is 6.03. The van der Waals surface area contributed by atoms with Gasteiger partial charge in [0.2, 0.25) is 0 Å². The lowest BCUT2D eigenvalue weighted by Gasteiger charge is -2.32. The fourth-order valence-electron chi connectivity index (χ4n) is 2.46. The van der Waals surface area contributed by atoms with Crippen LogP contribution in [-0.4, -0.2) is 7.11 Å². The summed E-state index contributed by atoms with van der Waals surface area (Å²) in [5.41, 5.74) is 3.03. The quantitative estimate of drug-likeness (QED) is 0.672. The van der Waals surface area contributed by atoms with E-state index in [4.69, 9.17) is 4.74 Å². The monoisotopic (exact) mass is 286 g/mol. The zero-order chi connectivity index (χ0) is 13.1. The van der Waals surface area contributed by atoms with Gasteiger partial charge in [0.15, 0.2) is 0 Å². The number of hydrogen-bond donors (Lipinski definition) is 0. The predicted molar refractivity (Wildman–Crippen MR) is 82.0 cm³/mol. The fraction of sp³-hybridized carbons (Fsp3) is 0.125. The van der Waals surface area contributed by atoms with Crippen molar-refractivity contribution in [3.63, 3.8) is 0 Å². The molecule has 1 nitrogen and oxygen atoms in total. The number of methoxy groups -OCH3 is 1. The van der Waals surface area contributed by atoms with Crippen LogP contribution in [0.1, 0.15) is 16.7 Å². The highest BCUT2D eigenvalue weighted by Gasteiger charge is 2.37. The van der Waals surface area contributed by atoms with Gasteiger partial charge in [0.05, 0.1) is 0 Å². The summed E-state index contributed by atoms with van der Waals surface area (Å²) in [7, 11) is 1.78. The standard InChI is InChI=1S/C16H14OS2/c1-17-16(14-7-9-18-11-14,15-8-10-19-12-15)13-5-3-2-4-6-13/h2-12H,1H3. The molecular weight excluding hydrogens is 272 g/mol. The molecule has 0 radical (unpaired) electrons. The van der Waals surface area contributed by atoms with E-state index < -0.39 is 5.60 Å². The van der Waals surface area contributed by atoms with Crippen molar-refractivity contribution in [1.82, 2.24) is 0 Å². The van der Waals surface area contributed by atoms with Gasteiger partial charge >= 0.3 is 0 Å². The Kier molecular flexibility index (Phi) is 3.51. The summed E-state index contributed by atoms with van der Waals surface area (Å²) in [6.07, 6.45) is 0. The Morgan fingerprint density at radius 3 is 1.79 bits per heavy atom. The lowest BCUT2D eigenvalue weighted by molar-refractivity contribution is 0.0592. The molecule has 96 valence electrons. The van der Waals surface area contributed by atoms with E-state index in [0.29, 0.717) is 0 Å². The van der Waals surface area contributed by atoms with Gasteiger partial charge in [0.1, 0.15) is 5.60 Å². The van der Waals surface area contributed by atoms with Gasteiger partial charge in [-0.25, -0.2) is 0 Å². The molecule has 0 aliphatic rings. The van der Waals surface area contributed by atoms with E-state index in [1.165, 1.54) is 11.1 Å². The van der Waals surface area contributed by atoms with E-state index in [2.05, 4.69) is 57.9 Å². The second kappa shape index (κ2) is 5.29. The van der Waals surface area contributed by atoms with Gasteiger partial charge in [0, 0.05) is 18.2 Å². The molecule has 0 atom stereocenters. The molecule has 0 aliphatic heterocycles. The average molecular weight is 286 g/mol. The Hall–Kier alpha value is -1.42. The molecule has 2 heterocycles. The van der Waals surface area contributed by atoms with E-state index in [9.17, 15) is 0 Å². The van der Waals surface area contributed by atoms with Crippen LogP contribution in [0.4, 0.5) is 0 Å². The summed E-state index contributed by atoms with van der Waals surface area (Å²) in [5.74, 6) is 0. The van der Waals surface area contributed by atoms with Crippen molar-refractivity contribution in [3.8, 4) is 0 Å². The maximum atomic E-state index is 6.03. The highest BCUT2D eigenvalue weighted by atomic mass is 32.1. The van der Waals surface area contributed by atoms with Gasteiger partial charge in [-0.05, 0) is 39.2 Å². The smallest absolute Gasteiger partial charge is 0.144 e. The van der Waals surface area contributed by atoms with Gasteiger partial charge in [-0.15, -0.1) is 0 Å². The average Bonchev–Trinajstić information content (AvgIpc) is 3.15. The third-order valence-corrected chi connectivity index (χ3v) is 4.71. The van der Waals surface area contributed by atoms with E-state index in [1.54, 1.807) is 29.8 Å². The van der Waals surface area contributed by atoms with Crippen molar-refractivity contribution in [2.24, 2.45) is 0 Å². The van der Waals surface area contributed by atoms with Crippen LogP contribution >= 0.6 is 22.7 Å². The van der Waals surface area contributed by atoms with E-state index in [-0.39, 0.29) is 0 Å². The Bertz CT molecular complexity index is 578. The Morgan fingerprint density at radius 1 is 0.789 bits per heavy atom. The third kappa shape index (κ3) is 2.04. The Labute approximate surface area is 121 Å². The molecule has 1 aromatic carbocycles. The predicted octanol–water partition coefficient (Wildman–Crippen LogP) is 4.75. The third-order valence-electron chi connectivity index (χ3n) is 3.34. The molecule has 0 unspecified atom stereocenters. The van der Waals surface area contributed by atoms with Crippen LogP contribution in [0.15, 0.2) is 64.0 Å². The highest BCUT2D eigenvalue weighted by Crippen LogP contribution is 2.41. The first kappa shape index (κ1) is 12.6. The molecule has 0 saturated heterocycles. The molecule has 3 heteroatoms. The first-order valence-electron chi connectivity index (χ1n) is 6.04. The largest absolute Gasteiger partial charge is 0.364 e. The summed E-state index contributed by atoms with van der Waals surface area (Å²) in [5, 5.41) is 8.51. The van der Waals surface area contributed by atoms with Crippen molar-refractivity contribution >= 4 is 22.7 Å². The molecule has 0 amide bonds. The van der Waals surface area contributed by atoms with Gasteiger partial charge in [-0.3, -0.25) is 0 Å². The topological polar surface area (TPSA) is 9.23 Å². The summed E-state index contributed by atoms with van der Waals surface area (Å²) in [6.45, 7) is 0. The molecule has 0 saturated carbocycles. The van der Waals surface area contributed by atoms with Crippen LogP contribution in [0.25, 0.3) is 0 Å². The SMILES string of the molecule is COC(c1ccccc1)(c1ccsc1)c1ccsc1. The molecule has 19 heavy (non-hydrogen) atoms. The molecule has 0 spiro atoms. The zero-order valence-corrected chi connectivity index (χ0v) is 12.2. The summed E-state index contributed by atoms with van der Waals surface area (Å²) in [4.78, 5) is 0. The summed E-state index contributed by atoms with van der Waals surface area (Å²) >= 11 is 3.39. The lowest BCUT2D eigenvalue weighted by Crippen LogP contribution is -2.30. The minimum Gasteiger partial charge on any atom is -0.364 e. The first-order valence-corrected chi connectivity index (χ1v) is 7.92. The zero-order valence-electron chi connectivity index (χ0n) is 10.6. The van der Waals surface area contributed by atoms with Crippen molar-refractivity contribution in [1.29, 1.82) is 0 Å². The molecule has 2 aromatic heterocycles. The van der Waals surface area contributed by atoms with Crippen LogP contribution in [0.5, 0.6) is 0 Å². The van der Waals surface area contributed by atoms with Gasteiger partial charge in [-0.2, -0.15) is 22.7 Å². The number of thiophene rings is 2. The van der Waals surface area contributed by atoms with Crippen LogP contribution in [0.3, 0.4) is 0 Å². The molecule has 0 N–H and O–H groups in total. The van der Waals surface area contributed by atoms with Crippen molar-refractivity contribution in [2.45, 2.75) is 5.60 Å². The number of benzene rings is 1. The molecule has 0 bridgehead atoms. The van der Waals surface area contributed by atoms with E-state index in [1.807, 2.05) is 6.07 Å². The van der Waals surface area contributed by atoms with Crippen LogP contribution in [0, 0.1) is 0 Å². The molecule has 3 aromatic rings. The molecule has 3 rings (SSSR count). The minimum atomic E-state index is -0.499. The molecular formula is C16H14OS2. The fourth-order valence-corrected chi connectivity index (χ4v) is 3.85. The number of ether oxygens (including phenoxy) is 1. The van der Waals surface area contributed by atoms with E-state index >= 15 is 0 Å². The second-order valence-electron chi connectivity index (χ2n) is 4.28. The number of rotatable bonds is 4. The second-order valence-corrected chi connectivity index (χ2v) is 5.84. The normalized spacial score (nSPS) is 11.6. The Morgan fingerprint density at radius 2 is 1.37 bits per heavy atom. The lowest BCUT2D eigenvalue weighted by atomic mass is 9.83. The maximum Gasteiger partial charge on any atom is 0.144 e. The van der Waals surface area contributed by atoms with Gasteiger partial charge < -0.3 is 4.74 Å². The van der Waals surface area contributed by atoms with Crippen molar-refractivity contribution in [2.75, 3.05) is 7.11 Å².